The molecule has 2 aromatic carbocycles. The summed E-state index contributed by atoms with van der Waals surface area (Å²) < 4.78 is 20.5. The Morgan fingerprint density at radius 1 is 1.16 bits per heavy atom. The van der Waals surface area contributed by atoms with Crippen LogP contribution in [0, 0.1) is 0 Å². The zero-order valence-electron chi connectivity index (χ0n) is 17.1. The number of fused-ring (bicyclic) bond motifs is 1. The van der Waals surface area contributed by atoms with E-state index in [0.29, 0.717) is 22.6 Å². The summed E-state index contributed by atoms with van der Waals surface area (Å²) in [4.78, 5) is 40.6. The van der Waals surface area contributed by atoms with Crippen LogP contribution in [0.25, 0.3) is 0 Å². The Balaban J connectivity index is 1.29. The van der Waals surface area contributed by atoms with Crippen LogP contribution in [0.2, 0.25) is 0 Å². The minimum Gasteiger partial charge on any atom is -0.495 e. The maximum absolute atomic E-state index is 12.3. The van der Waals surface area contributed by atoms with Gasteiger partial charge < -0.3 is 24.1 Å². The minimum atomic E-state index is -1.05. The highest BCUT2D eigenvalue weighted by Crippen LogP contribution is 2.23. The third-order valence-electron chi connectivity index (χ3n) is 4.70. The van der Waals surface area contributed by atoms with E-state index in [4.69, 9.17) is 18.7 Å². The number of ether oxygens (including phenoxy) is 3. The number of aromatic nitrogens is 2. The van der Waals surface area contributed by atoms with E-state index in [1.807, 2.05) is 0 Å². The smallest absolute Gasteiger partial charge is 0.348 e. The van der Waals surface area contributed by atoms with Crippen LogP contribution in [-0.2, 0) is 38.5 Å². The van der Waals surface area contributed by atoms with E-state index in [1.54, 1.807) is 48.5 Å². The molecule has 32 heavy (non-hydrogen) atoms. The number of amides is 1. The van der Waals surface area contributed by atoms with Crippen molar-refractivity contribution in [3.05, 3.63) is 71.4 Å². The summed E-state index contributed by atoms with van der Waals surface area (Å²) in [5.74, 6) is -1.00. The maximum Gasteiger partial charge on any atom is 0.348 e. The van der Waals surface area contributed by atoms with Gasteiger partial charge in [0.1, 0.15) is 5.75 Å². The number of cyclic esters (lactones) is 1. The molecule has 164 valence electrons. The molecule has 1 aliphatic rings. The quantitative estimate of drug-likeness (QED) is 0.552. The average Bonchev–Trinajstić information content (AvgIpc) is 3.24. The predicted octanol–water partition coefficient (Wildman–Crippen LogP) is 2.08. The number of carbonyl (C=O) groups excluding carboxylic acids is 3. The SMILES string of the molecule is COc1ccccc1NC(=O)Cc1noc(COC(=O)[C@@H]2Cc3ccccc3C(=O)O2)n1. The Kier molecular flexibility index (Phi) is 6.11. The number of hydrogen-bond acceptors (Lipinski definition) is 9. The van der Waals surface area contributed by atoms with Crippen molar-refractivity contribution >= 4 is 23.5 Å². The van der Waals surface area contributed by atoms with Crippen molar-refractivity contribution in [1.82, 2.24) is 10.1 Å². The van der Waals surface area contributed by atoms with Crippen molar-refractivity contribution in [2.75, 3.05) is 12.4 Å². The number of hydrogen-bond donors (Lipinski definition) is 1. The number of methoxy groups -OCH3 is 1. The van der Waals surface area contributed by atoms with Gasteiger partial charge in [-0.15, -0.1) is 0 Å². The highest BCUT2D eigenvalue weighted by atomic mass is 16.6. The van der Waals surface area contributed by atoms with Crippen LogP contribution in [0.4, 0.5) is 5.69 Å². The van der Waals surface area contributed by atoms with Crippen molar-refractivity contribution in [3.63, 3.8) is 0 Å². The number of para-hydroxylation sites is 2. The number of nitrogens with zero attached hydrogens (tertiary/aromatic N) is 2. The van der Waals surface area contributed by atoms with Crippen LogP contribution in [0.3, 0.4) is 0 Å². The molecule has 1 aliphatic heterocycles. The Morgan fingerprint density at radius 3 is 2.78 bits per heavy atom. The monoisotopic (exact) mass is 437 g/mol. The average molecular weight is 437 g/mol. The van der Waals surface area contributed by atoms with Gasteiger partial charge in [0, 0.05) is 6.42 Å². The molecular formula is C22H19N3O7. The summed E-state index contributed by atoms with van der Waals surface area (Å²) in [5.41, 5.74) is 1.66. The summed E-state index contributed by atoms with van der Waals surface area (Å²) in [6, 6.07) is 13.9. The zero-order chi connectivity index (χ0) is 22.5. The van der Waals surface area contributed by atoms with Gasteiger partial charge >= 0.3 is 11.9 Å². The first-order valence-corrected chi connectivity index (χ1v) is 9.73. The molecule has 0 bridgehead atoms. The van der Waals surface area contributed by atoms with E-state index in [2.05, 4.69) is 15.5 Å². The van der Waals surface area contributed by atoms with Gasteiger partial charge in [-0.05, 0) is 23.8 Å². The van der Waals surface area contributed by atoms with Crippen LogP contribution in [0.15, 0.2) is 53.1 Å². The number of rotatable bonds is 7. The first kappa shape index (κ1) is 21.0. The molecule has 1 atom stereocenters. The Bertz CT molecular complexity index is 1160. The summed E-state index contributed by atoms with van der Waals surface area (Å²) in [5, 5.41) is 6.42. The molecule has 0 saturated heterocycles. The third kappa shape index (κ3) is 4.75. The van der Waals surface area contributed by atoms with Crippen LogP contribution in [0.5, 0.6) is 5.75 Å². The molecule has 10 heteroatoms. The normalized spacial score (nSPS) is 14.8. The predicted molar refractivity (Wildman–Crippen MR) is 109 cm³/mol. The van der Waals surface area contributed by atoms with Gasteiger partial charge in [-0.1, -0.05) is 35.5 Å². The number of anilines is 1. The molecule has 10 nitrogen and oxygen atoms in total. The van der Waals surface area contributed by atoms with Crippen molar-refractivity contribution in [1.29, 1.82) is 0 Å². The van der Waals surface area contributed by atoms with Crippen LogP contribution in [-0.4, -0.2) is 41.2 Å². The van der Waals surface area contributed by atoms with Gasteiger partial charge in [0.2, 0.25) is 12.0 Å². The van der Waals surface area contributed by atoms with Gasteiger partial charge in [0.15, 0.2) is 12.4 Å². The minimum absolute atomic E-state index is 0.0148. The topological polar surface area (TPSA) is 130 Å². The summed E-state index contributed by atoms with van der Waals surface area (Å²) in [7, 11) is 1.50. The first-order chi connectivity index (χ1) is 15.5. The second-order valence-corrected chi connectivity index (χ2v) is 6.89. The number of carbonyl (C=O) groups is 3. The molecular weight excluding hydrogens is 418 g/mol. The summed E-state index contributed by atoms with van der Waals surface area (Å²) >= 11 is 0. The van der Waals surface area contributed by atoms with Crippen LogP contribution >= 0.6 is 0 Å². The Labute approximate surface area is 182 Å². The fourth-order valence-corrected chi connectivity index (χ4v) is 3.20. The first-order valence-electron chi connectivity index (χ1n) is 9.73. The molecule has 4 rings (SSSR count). The standard InChI is InChI=1S/C22H19N3O7/c1-29-16-9-5-4-8-15(16)23-19(26)11-18-24-20(32-25-18)12-30-22(28)17-10-13-6-2-3-7-14(13)21(27)31-17/h2-9,17H,10-12H2,1H3,(H,23,26)/t17-/m0/s1. The molecule has 0 saturated carbocycles. The molecule has 2 heterocycles. The largest absolute Gasteiger partial charge is 0.495 e. The molecule has 0 radical (unpaired) electrons. The van der Waals surface area contributed by atoms with Gasteiger partial charge in [-0.2, -0.15) is 4.98 Å². The van der Waals surface area contributed by atoms with Gasteiger partial charge in [-0.3, -0.25) is 4.79 Å². The van der Waals surface area contributed by atoms with E-state index in [-0.39, 0.29) is 37.1 Å². The molecule has 0 unspecified atom stereocenters. The maximum atomic E-state index is 12.3. The fraction of sp³-hybridized carbons (Fsp3) is 0.227. The number of esters is 2. The van der Waals surface area contributed by atoms with Crippen LogP contribution in [0.1, 0.15) is 27.6 Å². The second kappa shape index (κ2) is 9.29. The van der Waals surface area contributed by atoms with Crippen molar-refractivity contribution in [3.8, 4) is 5.75 Å². The molecule has 1 amide bonds. The van der Waals surface area contributed by atoms with Gasteiger partial charge in [0.05, 0.1) is 24.8 Å². The fourth-order valence-electron chi connectivity index (χ4n) is 3.20. The van der Waals surface area contributed by atoms with E-state index < -0.39 is 18.0 Å². The third-order valence-corrected chi connectivity index (χ3v) is 4.70. The van der Waals surface area contributed by atoms with Crippen LogP contribution < -0.4 is 10.1 Å². The molecule has 0 aliphatic carbocycles. The summed E-state index contributed by atoms with van der Waals surface area (Å²) in [6.07, 6.45) is -0.975. The summed E-state index contributed by atoms with van der Waals surface area (Å²) in [6.45, 7) is -0.310. The molecule has 0 spiro atoms. The van der Waals surface area contributed by atoms with Crippen molar-refractivity contribution < 1.29 is 33.1 Å². The van der Waals surface area contributed by atoms with E-state index in [0.717, 1.165) is 0 Å². The van der Waals surface area contributed by atoms with Gasteiger partial charge in [-0.25, -0.2) is 9.59 Å². The highest BCUT2D eigenvalue weighted by Gasteiger charge is 2.32. The lowest BCUT2D eigenvalue weighted by molar-refractivity contribution is -0.156. The molecule has 3 aromatic rings. The number of benzene rings is 2. The Hall–Kier alpha value is -4.21. The highest BCUT2D eigenvalue weighted by molar-refractivity contribution is 5.95. The lowest BCUT2D eigenvalue weighted by Crippen LogP contribution is -2.35. The van der Waals surface area contributed by atoms with Gasteiger partial charge in [0.25, 0.3) is 5.89 Å². The molecule has 0 fully saturated rings. The lowest BCUT2D eigenvalue weighted by atomic mass is 9.99. The van der Waals surface area contributed by atoms with Crippen molar-refractivity contribution in [2.24, 2.45) is 0 Å². The molecule has 1 N–H and O–H groups in total. The van der Waals surface area contributed by atoms with E-state index in [1.165, 1.54) is 7.11 Å². The van der Waals surface area contributed by atoms with E-state index in [9.17, 15) is 14.4 Å². The zero-order valence-corrected chi connectivity index (χ0v) is 17.1. The second-order valence-electron chi connectivity index (χ2n) is 6.89. The molecule has 1 aromatic heterocycles. The van der Waals surface area contributed by atoms with Crippen molar-refractivity contribution in [2.45, 2.75) is 25.6 Å². The Morgan fingerprint density at radius 2 is 1.94 bits per heavy atom. The lowest BCUT2D eigenvalue weighted by Gasteiger charge is -2.22. The van der Waals surface area contributed by atoms with E-state index >= 15 is 0 Å². The number of nitrogens with one attached hydrogen (secondary N) is 1.